The van der Waals surface area contributed by atoms with Gasteiger partial charge in [0, 0.05) is 5.54 Å². The van der Waals surface area contributed by atoms with Crippen LogP contribution in [0.1, 0.15) is 32.8 Å². The van der Waals surface area contributed by atoms with Crippen LogP contribution in [0, 0.1) is 0 Å². The molecule has 1 aliphatic rings. The lowest BCUT2D eigenvalue weighted by atomic mass is 10.0. The summed E-state index contributed by atoms with van der Waals surface area (Å²) in [5.74, 6) is 0.235. The SMILES string of the molecule is CC(C)(C)N1c2ccccc2CCCS1(=O)=O. The summed E-state index contributed by atoms with van der Waals surface area (Å²) in [4.78, 5) is 0. The predicted molar refractivity (Wildman–Crippen MR) is 70.8 cm³/mol. The fraction of sp³-hybridized carbons (Fsp3) is 0.538. The van der Waals surface area contributed by atoms with Crippen molar-refractivity contribution in [1.29, 1.82) is 0 Å². The van der Waals surface area contributed by atoms with Gasteiger partial charge in [-0.1, -0.05) is 18.2 Å². The van der Waals surface area contributed by atoms with Gasteiger partial charge in [-0.2, -0.15) is 0 Å². The highest BCUT2D eigenvalue weighted by atomic mass is 32.2. The molecule has 0 saturated heterocycles. The Balaban J connectivity index is 2.65. The Morgan fingerprint density at radius 3 is 2.47 bits per heavy atom. The second kappa shape index (κ2) is 4.02. The van der Waals surface area contributed by atoms with Crippen molar-refractivity contribution in [2.45, 2.75) is 39.2 Å². The van der Waals surface area contributed by atoms with Gasteiger partial charge in [0.15, 0.2) is 0 Å². The Kier molecular flexibility index (Phi) is 2.94. The zero-order valence-electron chi connectivity index (χ0n) is 10.6. The van der Waals surface area contributed by atoms with Crippen LogP contribution in [0.4, 0.5) is 5.69 Å². The molecule has 0 unspecified atom stereocenters. The van der Waals surface area contributed by atoms with Crippen LogP contribution >= 0.6 is 0 Å². The first kappa shape index (κ1) is 12.4. The minimum atomic E-state index is -3.20. The van der Waals surface area contributed by atoms with Gasteiger partial charge >= 0.3 is 0 Å². The molecule has 2 rings (SSSR count). The van der Waals surface area contributed by atoms with Gasteiger partial charge in [-0.15, -0.1) is 0 Å². The van der Waals surface area contributed by atoms with Crippen LogP contribution in [-0.4, -0.2) is 19.7 Å². The molecule has 0 radical (unpaired) electrons. The van der Waals surface area contributed by atoms with Gasteiger partial charge in [-0.3, -0.25) is 4.31 Å². The second-order valence-corrected chi connectivity index (χ2v) is 7.42. The van der Waals surface area contributed by atoms with Crippen LogP contribution in [0.3, 0.4) is 0 Å². The number of benzene rings is 1. The third-order valence-electron chi connectivity index (χ3n) is 2.95. The molecule has 0 N–H and O–H groups in total. The maximum absolute atomic E-state index is 12.3. The number of hydrogen-bond donors (Lipinski definition) is 0. The molecule has 1 aliphatic heterocycles. The topological polar surface area (TPSA) is 37.4 Å². The van der Waals surface area contributed by atoms with E-state index in [0.29, 0.717) is 6.42 Å². The van der Waals surface area contributed by atoms with E-state index in [-0.39, 0.29) is 5.75 Å². The third kappa shape index (κ3) is 2.32. The molecule has 0 aromatic heterocycles. The minimum absolute atomic E-state index is 0.235. The van der Waals surface area contributed by atoms with Crippen molar-refractivity contribution in [3.63, 3.8) is 0 Å². The van der Waals surface area contributed by atoms with Gasteiger partial charge < -0.3 is 0 Å². The van der Waals surface area contributed by atoms with Crippen LogP contribution < -0.4 is 4.31 Å². The lowest BCUT2D eigenvalue weighted by Gasteiger charge is -2.36. The summed E-state index contributed by atoms with van der Waals surface area (Å²) in [6.45, 7) is 5.81. The normalized spacial score (nSPS) is 19.6. The van der Waals surface area contributed by atoms with Crippen molar-refractivity contribution in [1.82, 2.24) is 0 Å². The summed E-state index contributed by atoms with van der Waals surface area (Å²) in [6, 6.07) is 7.80. The highest BCUT2D eigenvalue weighted by Crippen LogP contribution is 2.34. The van der Waals surface area contributed by atoms with Gasteiger partial charge in [0.25, 0.3) is 0 Å². The average molecular weight is 253 g/mol. The molecular formula is C13H19NO2S. The Morgan fingerprint density at radius 2 is 1.82 bits per heavy atom. The molecule has 4 heteroatoms. The number of para-hydroxylation sites is 1. The maximum atomic E-state index is 12.3. The summed E-state index contributed by atoms with van der Waals surface area (Å²) in [5.41, 5.74) is 1.56. The molecule has 0 aliphatic carbocycles. The van der Waals surface area contributed by atoms with E-state index in [9.17, 15) is 8.42 Å². The van der Waals surface area contributed by atoms with E-state index in [0.717, 1.165) is 17.7 Å². The monoisotopic (exact) mass is 253 g/mol. The minimum Gasteiger partial charge on any atom is -0.265 e. The van der Waals surface area contributed by atoms with Crippen LogP contribution in [0.15, 0.2) is 24.3 Å². The zero-order chi connectivity index (χ0) is 12.7. The first-order chi connectivity index (χ1) is 7.82. The Morgan fingerprint density at radius 1 is 1.18 bits per heavy atom. The van der Waals surface area contributed by atoms with E-state index >= 15 is 0 Å². The number of aryl methyl sites for hydroxylation is 1. The average Bonchev–Trinajstić information content (AvgIpc) is 2.30. The molecule has 0 bridgehead atoms. The Hall–Kier alpha value is -1.03. The molecule has 0 spiro atoms. The standard InChI is InChI=1S/C13H19NO2S/c1-13(2,3)14-12-9-5-4-7-11(12)8-6-10-17(14,15)16/h4-5,7,9H,6,8,10H2,1-3H3. The van der Waals surface area contributed by atoms with Gasteiger partial charge in [-0.25, -0.2) is 8.42 Å². The van der Waals surface area contributed by atoms with Crippen molar-refractivity contribution in [2.75, 3.05) is 10.1 Å². The molecule has 0 fully saturated rings. The number of hydrogen-bond acceptors (Lipinski definition) is 2. The number of anilines is 1. The Bertz CT molecular complexity index is 514. The van der Waals surface area contributed by atoms with Gasteiger partial charge in [0.1, 0.15) is 0 Å². The number of nitrogens with zero attached hydrogens (tertiary/aromatic N) is 1. The molecule has 1 aromatic rings. The smallest absolute Gasteiger partial charge is 0.235 e. The van der Waals surface area contributed by atoms with E-state index in [1.165, 1.54) is 0 Å². The zero-order valence-corrected chi connectivity index (χ0v) is 11.4. The van der Waals surface area contributed by atoms with Crippen LogP contribution in [0.25, 0.3) is 0 Å². The summed E-state index contributed by atoms with van der Waals surface area (Å²) in [5, 5.41) is 0. The van der Waals surface area contributed by atoms with Crippen LogP contribution in [0.2, 0.25) is 0 Å². The molecule has 17 heavy (non-hydrogen) atoms. The van der Waals surface area contributed by atoms with Crippen molar-refractivity contribution in [3.05, 3.63) is 29.8 Å². The van der Waals surface area contributed by atoms with Crippen molar-refractivity contribution < 1.29 is 8.42 Å². The van der Waals surface area contributed by atoms with E-state index in [1.54, 1.807) is 4.31 Å². The quantitative estimate of drug-likeness (QED) is 0.712. The van der Waals surface area contributed by atoms with Crippen molar-refractivity contribution in [2.24, 2.45) is 0 Å². The van der Waals surface area contributed by atoms with Gasteiger partial charge in [-0.05, 0) is 45.2 Å². The molecule has 0 atom stereocenters. The van der Waals surface area contributed by atoms with Crippen molar-refractivity contribution in [3.8, 4) is 0 Å². The molecule has 1 aromatic carbocycles. The highest BCUT2D eigenvalue weighted by molar-refractivity contribution is 7.92. The van der Waals surface area contributed by atoms with Gasteiger partial charge in [0.2, 0.25) is 10.0 Å². The molecule has 1 heterocycles. The lowest BCUT2D eigenvalue weighted by Crippen LogP contribution is -2.46. The van der Waals surface area contributed by atoms with E-state index in [1.807, 2.05) is 45.0 Å². The van der Waals surface area contributed by atoms with Crippen LogP contribution in [0.5, 0.6) is 0 Å². The fourth-order valence-electron chi connectivity index (χ4n) is 2.39. The summed E-state index contributed by atoms with van der Waals surface area (Å²) in [6.07, 6.45) is 1.54. The highest BCUT2D eigenvalue weighted by Gasteiger charge is 2.35. The number of sulfonamides is 1. The predicted octanol–water partition coefficient (Wildman–Crippen LogP) is 2.57. The molecule has 94 valence electrons. The molecule has 0 amide bonds. The second-order valence-electron chi connectivity index (χ2n) is 5.48. The first-order valence-electron chi connectivity index (χ1n) is 5.93. The third-order valence-corrected chi connectivity index (χ3v) is 5.05. The molecule has 0 saturated carbocycles. The lowest BCUT2D eigenvalue weighted by molar-refractivity contribution is 0.536. The van der Waals surface area contributed by atoms with Crippen LogP contribution in [-0.2, 0) is 16.4 Å². The maximum Gasteiger partial charge on any atom is 0.235 e. The summed E-state index contributed by atoms with van der Waals surface area (Å²) in [7, 11) is -3.20. The number of fused-ring (bicyclic) bond motifs is 1. The Labute approximate surface area is 104 Å². The summed E-state index contributed by atoms with van der Waals surface area (Å²) >= 11 is 0. The summed E-state index contributed by atoms with van der Waals surface area (Å²) < 4.78 is 26.3. The van der Waals surface area contributed by atoms with Crippen molar-refractivity contribution >= 4 is 15.7 Å². The van der Waals surface area contributed by atoms with E-state index in [2.05, 4.69) is 0 Å². The van der Waals surface area contributed by atoms with E-state index in [4.69, 9.17) is 0 Å². The number of rotatable bonds is 0. The largest absolute Gasteiger partial charge is 0.265 e. The van der Waals surface area contributed by atoms with Gasteiger partial charge in [0.05, 0.1) is 11.4 Å². The molecule has 3 nitrogen and oxygen atoms in total. The first-order valence-corrected chi connectivity index (χ1v) is 7.54. The molecular weight excluding hydrogens is 234 g/mol. The fourth-order valence-corrected chi connectivity index (χ4v) is 4.39. The van der Waals surface area contributed by atoms with E-state index < -0.39 is 15.6 Å².